The molecule has 0 fully saturated rings. The molecule has 6 heteroatoms. The standard InChI is InChI=1S/C24H25NO3S2/c1-19-8-14-23(15-9-19)29(26)18-22(13-12-21-6-4-3-5-7-21)25-30(27,28)24-16-10-20(2)11-17-24/h3-17,22,25H,18H2,1-2H3/b13-12+/t22-,29?/m1/s1. The van der Waals surface area contributed by atoms with Crippen LogP contribution in [0.2, 0.25) is 0 Å². The molecular weight excluding hydrogens is 414 g/mol. The minimum absolute atomic E-state index is 0.136. The zero-order valence-corrected chi connectivity index (χ0v) is 18.6. The SMILES string of the molecule is Cc1ccc(S(=O)C[C@@H](/C=C/c2ccccc2)NS(=O)(=O)c2ccc(C)cc2)cc1. The van der Waals surface area contributed by atoms with Crippen LogP contribution in [0, 0.1) is 13.8 Å². The summed E-state index contributed by atoms with van der Waals surface area (Å²) < 4.78 is 41.4. The van der Waals surface area contributed by atoms with Crippen molar-refractivity contribution in [2.24, 2.45) is 0 Å². The van der Waals surface area contributed by atoms with Crippen molar-refractivity contribution in [1.82, 2.24) is 4.72 Å². The molecule has 0 radical (unpaired) electrons. The molecule has 2 atom stereocenters. The molecule has 3 aromatic carbocycles. The van der Waals surface area contributed by atoms with Crippen molar-refractivity contribution in [3.05, 3.63) is 102 Å². The molecule has 3 aromatic rings. The molecule has 30 heavy (non-hydrogen) atoms. The third-order valence-electron chi connectivity index (χ3n) is 4.57. The van der Waals surface area contributed by atoms with Gasteiger partial charge in [-0.05, 0) is 43.7 Å². The molecule has 3 rings (SSSR count). The molecule has 1 unspecified atom stereocenters. The second-order valence-corrected chi connectivity index (χ2v) is 10.3. The average molecular weight is 440 g/mol. The summed E-state index contributed by atoms with van der Waals surface area (Å²) in [6.45, 7) is 3.87. The first-order chi connectivity index (χ1) is 14.3. The maximum Gasteiger partial charge on any atom is 0.241 e. The van der Waals surface area contributed by atoms with E-state index < -0.39 is 26.9 Å². The maximum atomic E-state index is 12.9. The van der Waals surface area contributed by atoms with Gasteiger partial charge in [0.05, 0.1) is 21.7 Å². The lowest BCUT2D eigenvalue weighted by atomic mass is 10.2. The Hall–Kier alpha value is -2.54. The highest BCUT2D eigenvalue weighted by molar-refractivity contribution is 7.89. The van der Waals surface area contributed by atoms with Crippen LogP contribution < -0.4 is 4.72 Å². The molecule has 0 spiro atoms. The molecule has 0 aliphatic heterocycles. The first-order valence-electron chi connectivity index (χ1n) is 9.61. The molecule has 0 aliphatic rings. The van der Waals surface area contributed by atoms with Gasteiger partial charge in [-0.1, -0.05) is 77.9 Å². The van der Waals surface area contributed by atoms with Crippen molar-refractivity contribution in [1.29, 1.82) is 0 Å². The highest BCUT2D eigenvalue weighted by atomic mass is 32.2. The van der Waals surface area contributed by atoms with Gasteiger partial charge in [-0.2, -0.15) is 0 Å². The van der Waals surface area contributed by atoms with Gasteiger partial charge in [-0.15, -0.1) is 0 Å². The lowest BCUT2D eigenvalue weighted by Gasteiger charge is -2.16. The highest BCUT2D eigenvalue weighted by Crippen LogP contribution is 2.14. The van der Waals surface area contributed by atoms with E-state index in [0.717, 1.165) is 16.7 Å². The number of hydrogen-bond acceptors (Lipinski definition) is 3. The van der Waals surface area contributed by atoms with Crippen LogP contribution in [0.5, 0.6) is 0 Å². The van der Waals surface area contributed by atoms with Crippen LogP contribution >= 0.6 is 0 Å². The highest BCUT2D eigenvalue weighted by Gasteiger charge is 2.21. The molecule has 0 saturated carbocycles. The van der Waals surface area contributed by atoms with Crippen LogP contribution in [-0.4, -0.2) is 24.4 Å². The van der Waals surface area contributed by atoms with Crippen LogP contribution in [0.15, 0.2) is 94.7 Å². The summed E-state index contributed by atoms with van der Waals surface area (Å²) in [7, 11) is -5.10. The number of sulfonamides is 1. The van der Waals surface area contributed by atoms with Gasteiger partial charge < -0.3 is 0 Å². The molecule has 4 nitrogen and oxygen atoms in total. The maximum absolute atomic E-state index is 12.9. The first-order valence-corrected chi connectivity index (χ1v) is 12.4. The summed E-state index contributed by atoms with van der Waals surface area (Å²) in [6, 6.07) is 23.1. The number of aryl methyl sites for hydroxylation is 2. The van der Waals surface area contributed by atoms with Crippen LogP contribution in [0.25, 0.3) is 6.08 Å². The number of nitrogens with one attached hydrogen (secondary N) is 1. The number of rotatable bonds is 8. The van der Waals surface area contributed by atoms with Gasteiger partial charge in [-0.3, -0.25) is 4.21 Å². The Balaban J connectivity index is 1.84. The van der Waals surface area contributed by atoms with Gasteiger partial charge in [0.15, 0.2) is 0 Å². The van der Waals surface area contributed by atoms with Crippen molar-refractivity contribution in [3.63, 3.8) is 0 Å². The average Bonchev–Trinajstić information content (AvgIpc) is 2.73. The van der Waals surface area contributed by atoms with Crippen LogP contribution in [0.1, 0.15) is 16.7 Å². The van der Waals surface area contributed by atoms with Gasteiger partial charge in [0, 0.05) is 10.6 Å². The summed E-state index contributed by atoms with van der Waals surface area (Å²) in [5.74, 6) is 0.136. The Bertz CT molecular complexity index is 1120. The van der Waals surface area contributed by atoms with Crippen molar-refractivity contribution in [2.75, 3.05) is 5.75 Å². The van der Waals surface area contributed by atoms with Crippen molar-refractivity contribution >= 4 is 26.9 Å². The van der Waals surface area contributed by atoms with E-state index in [2.05, 4.69) is 4.72 Å². The molecule has 156 valence electrons. The van der Waals surface area contributed by atoms with Gasteiger partial charge in [0.1, 0.15) is 0 Å². The van der Waals surface area contributed by atoms with Gasteiger partial charge in [-0.25, -0.2) is 13.1 Å². The molecule has 0 aliphatic carbocycles. The first kappa shape index (κ1) is 22.2. The van der Waals surface area contributed by atoms with E-state index >= 15 is 0 Å². The van der Waals surface area contributed by atoms with Crippen LogP contribution in [0.4, 0.5) is 0 Å². The lowest BCUT2D eigenvalue weighted by molar-refractivity contribution is 0.576. The Kier molecular flexibility index (Phi) is 7.37. The van der Waals surface area contributed by atoms with E-state index in [9.17, 15) is 12.6 Å². The normalized spacial score (nSPS) is 13.9. The monoisotopic (exact) mass is 439 g/mol. The summed E-state index contributed by atoms with van der Waals surface area (Å²) in [6.07, 6.45) is 3.60. The fourth-order valence-electron chi connectivity index (χ4n) is 2.85. The number of hydrogen-bond donors (Lipinski definition) is 1. The summed E-state index contributed by atoms with van der Waals surface area (Å²) >= 11 is 0. The smallest absolute Gasteiger partial charge is 0.241 e. The van der Waals surface area contributed by atoms with Gasteiger partial charge >= 0.3 is 0 Å². The molecule has 0 aromatic heterocycles. The van der Waals surface area contributed by atoms with E-state index in [1.807, 2.05) is 74.5 Å². The zero-order chi connectivity index (χ0) is 21.6. The van der Waals surface area contributed by atoms with E-state index in [1.54, 1.807) is 30.3 Å². The molecule has 0 heterocycles. The summed E-state index contributed by atoms with van der Waals surface area (Å²) in [5, 5.41) is 0. The Morgan fingerprint density at radius 3 is 2.03 bits per heavy atom. The molecule has 0 bridgehead atoms. The predicted octanol–water partition coefficient (Wildman–Crippen LogP) is 4.47. The minimum Gasteiger partial charge on any atom is -0.254 e. The Labute approximate surface area is 181 Å². The van der Waals surface area contributed by atoms with E-state index in [-0.39, 0.29) is 10.6 Å². The second-order valence-electron chi connectivity index (χ2n) is 7.14. The molecular formula is C24H25NO3S2. The third-order valence-corrected chi connectivity index (χ3v) is 7.54. The zero-order valence-electron chi connectivity index (χ0n) is 17.0. The molecule has 1 N–H and O–H groups in total. The van der Waals surface area contributed by atoms with E-state index in [1.165, 1.54) is 0 Å². The summed E-state index contributed by atoms with van der Waals surface area (Å²) in [5.41, 5.74) is 3.00. The summed E-state index contributed by atoms with van der Waals surface area (Å²) in [4.78, 5) is 0.862. The lowest BCUT2D eigenvalue weighted by Crippen LogP contribution is -2.37. The van der Waals surface area contributed by atoms with Crippen LogP contribution in [-0.2, 0) is 20.8 Å². The fraction of sp³-hybridized carbons (Fsp3) is 0.167. The fourth-order valence-corrected chi connectivity index (χ4v) is 5.30. The number of benzene rings is 3. The predicted molar refractivity (Wildman–Crippen MR) is 123 cm³/mol. The minimum atomic E-state index is -3.75. The molecule has 0 amide bonds. The Morgan fingerprint density at radius 2 is 1.43 bits per heavy atom. The van der Waals surface area contributed by atoms with Crippen LogP contribution in [0.3, 0.4) is 0 Å². The topological polar surface area (TPSA) is 63.2 Å². The van der Waals surface area contributed by atoms with Crippen molar-refractivity contribution in [3.8, 4) is 0 Å². The second kappa shape index (κ2) is 9.98. The van der Waals surface area contributed by atoms with Gasteiger partial charge in [0.25, 0.3) is 0 Å². The van der Waals surface area contributed by atoms with Crippen molar-refractivity contribution < 1.29 is 12.6 Å². The largest absolute Gasteiger partial charge is 0.254 e. The Morgan fingerprint density at radius 1 is 0.867 bits per heavy atom. The quantitative estimate of drug-likeness (QED) is 0.563. The molecule has 0 saturated heterocycles. The van der Waals surface area contributed by atoms with E-state index in [0.29, 0.717) is 4.90 Å². The van der Waals surface area contributed by atoms with Crippen molar-refractivity contribution in [2.45, 2.75) is 29.7 Å². The van der Waals surface area contributed by atoms with Gasteiger partial charge in [0.2, 0.25) is 10.0 Å². The van der Waals surface area contributed by atoms with E-state index in [4.69, 9.17) is 0 Å². The third kappa shape index (κ3) is 6.23.